The predicted molar refractivity (Wildman–Crippen MR) is 53.1 cm³/mol. The summed E-state index contributed by atoms with van der Waals surface area (Å²) < 4.78 is 0.987. The van der Waals surface area contributed by atoms with Gasteiger partial charge in [0.15, 0.2) is 0 Å². The Morgan fingerprint density at radius 1 is 1.58 bits per heavy atom. The highest BCUT2D eigenvalue weighted by Gasteiger charge is 2.06. The predicted octanol–water partition coefficient (Wildman–Crippen LogP) is 3.56. The number of nitrogens with zero attached hydrogens (tertiary/aromatic N) is 1. The zero-order chi connectivity index (χ0) is 9.14. The first-order chi connectivity index (χ1) is 5.65. The second kappa shape index (κ2) is 3.93. The minimum Gasteiger partial charge on any atom is -0.196 e. The van der Waals surface area contributed by atoms with Crippen LogP contribution in [-0.4, -0.2) is 0 Å². The summed E-state index contributed by atoms with van der Waals surface area (Å²) in [6, 6.07) is 7.64. The van der Waals surface area contributed by atoms with Crippen molar-refractivity contribution < 1.29 is 0 Å². The van der Waals surface area contributed by atoms with Crippen LogP contribution < -0.4 is 0 Å². The molecule has 1 aromatic carbocycles. The van der Waals surface area contributed by atoms with Crippen LogP contribution in [0, 0.1) is 18.3 Å². The van der Waals surface area contributed by atoms with Crippen LogP contribution in [0.5, 0.6) is 0 Å². The normalized spacial score (nSPS) is 12.2. The minimum absolute atomic E-state index is 0.554. The Morgan fingerprint density at radius 2 is 2.25 bits per heavy atom. The molecule has 12 heavy (non-hydrogen) atoms. The van der Waals surface area contributed by atoms with E-state index in [-0.39, 0.29) is 0 Å². The summed E-state index contributed by atoms with van der Waals surface area (Å²) in [5, 5.41) is 8.00. The lowest BCUT2D eigenvalue weighted by atomic mass is 10.1. The third kappa shape index (κ3) is 2.00. The summed E-state index contributed by atoms with van der Waals surface area (Å²) in [6.07, 6.45) is 0. The molecule has 1 aromatic rings. The Bertz CT molecular complexity index is 330. The average molecular weight is 245 g/mol. The smallest absolute Gasteiger partial charge is 0.145 e. The van der Waals surface area contributed by atoms with Gasteiger partial charge < -0.3 is 0 Å². The summed E-state index contributed by atoms with van der Waals surface area (Å²) in [5.74, 6) is 0. The molecule has 0 fully saturated rings. The van der Waals surface area contributed by atoms with Crippen LogP contribution in [0.3, 0.4) is 0 Å². The largest absolute Gasteiger partial charge is 0.196 e. The molecule has 0 aliphatic rings. The maximum atomic E-state index is 8.55. The van der Waals surface area contributed by atoms with Crippen LogP contribution in [0.25, 0.3) is 0 Å². The van der Waals surface area contributed by atoms with Gasteiger partial charge in [-0.3, -0.25) is 0 Å². The minimum atomic E-state index is -0.554. The third-order valence-corrected chi connectivity index (χ3v) is 2.81. The maximum Gasteiger partial charge on any atom is 0.145 e. The van der Waals surface area contributed by atoms with Crippen LogP contribution >= 0.6 is 27.5 Å². The first kappa shape index (κ1) is 9.57. The lowest BCUT2D eigenvalue weighted by Crippen LogP contribution is -1.87. The molecule has 0 amide bonds. The molecule has 0 heterocycles. The van der Waals surface area contributed by atoms with Crippen LogP contribution in [0.1, 0.15) is 16.5 Å². The number of nitriles is 1. The van der Waals surface area contributed by atoms with Crippen molar-refractivity contribution in [2.24, 2.45) is 0 Å². The maximum absolute atomic E-state index is 8.55. The SMILES string of the molecule is Cc1ccc(C(Cl)C#N)cc1Br. The Balaban J connectivity index is 3.06. The summed E-state index contributed by atoms with van der Waals surface area (Å²) in [6.45, 7) is 1.99. The molecular weight excluding hydrogens is 237 g/mol. The van der Waals surface area contributed by atoms with E-state index in [9.17, 15) is 0 Å². The highest BCUT2D eigenvalue weighted by Crippen LogP contribution is 2.24. The van der Waals surface area contributed by atoms with Crippen molar-refractivity contribution in [3.8, 4) is 6.07 Å². The Morgan fingerprint density at radius 3 is 2.75 bits per heavy atom. The molecule has 0 aliphatic heterocycles. The molecule has 1 atom stereocenters. The number of aryl methyl sites for hydroxylation is 1. The number of halogens is 2. The number of benzene rings is 1. The number of hydrogen-bond donors (Lipinski definition) is 0. The van der Waals surface area contributed by atoms with Gasteiger partial charge in [0.05, 0.1) is 6.07 Å². The molecule has 1 rings (SSSR count). The van der Waals surface area contributed by atoms with Crippen molar-refractivity contribution in [3.63, 3.8) is 0 Å². The monoisotopic (exact) mass is 243 g/mol. The standard InChI is InChI=1S/C9H7BrClN/c1-6-2-3-7(4-8(6)10)9(11)5-12/h2-4,9H,1H3. The highest BCUT2D eigenvalue weighted by atomic mass is 79.9. The van der Waals surface area contributed by atoms with Gasteiger partial charge in [0.25, 0.3) is 0 Å². The molecule has 62 valence electrons. The number of alkyl halides is 1. The second-order valence-corrected chi connectivity index (χ2v) is 3.79. The molecule has 0 aliphatic carbocycles. The van der Waals surface area contributed by atoms with Gasteiger partial charge >= 0.3 is 0 Å². The molecule has 0 saturated carbocycles. The first-order valence-corrected chi connectivity index (χ1v) is 4.68. The molecule has 0 aromatic heterocycles. The summed E-state index contributed by atoms with van der Waals surface area (Å²) in [7, 11) is 0. The molecule has 0 spiro atoms. The van der Waals surface area contributed by atoms with Crippen LogP contribution in [0.2, 0.25) is 0 Å². The van der Waals surface area contributed by atoms with E-state index in [2.05, 4.69) is 15.9 Å². The topological polar surface area (TPSA) is 23.8 Å². The van der Waals surface area contributed by atoms with Crippen LogP contribution in [0.4, 0.5) is 0 Å². The molecule has 0 bridgehead atoms. The van der Waals surface area contributed by atoms with Gasteiger partial charge in [0.2, 0.25) is 0 Å². The van der Waals surface area contributed by atoms with E-state index in [4.69, 9.17) is 16.9 Å². The van der Waals surface area contributed by atoms with Crippen molar-refractivity contribution >= 4 is 27.5 Å². The van der Waals surface area contributed by atoms with Gasteiger partial charge in [-0.05, 0) is 24.1 Å². The van der Waals surface area contributed by atoms with Crippen LogP contribution in [-0.2, 0) is 0 Å². The number of hydrogen-bond acceptors (Lipinski definition) is 1. The van der Waals surface area contributed by atoms with Gasteiger partial charge in [-0.25, -0.2) is 0 Å². The molecular formula is C9H7BrClN. The van der Waals surface area contributed by atoms with E-state index < -0.39 is 5.38 Å². The lowest BCUT2D eigenvalue weighted by Gasteiger charge is -2.03. The molecule has 3 heteroatoms. The van der Waals surface area contributed by atoms with Gasteiger partial charge in [0, 0.05) is 4.47 Å². The fourth-order valence-electron chi connectivity index (χ4n) is 0.841. The molecule has 0 N–H and O–H groups in total. The van der Waals surface area contributed by atoms with Crippen molar-refractivity contribution in [1.82, 2.24) is 0 Å². The zero-order valence-electron chi connectivity index (χ0n) is 6.51. The summed E-state index contributed by atoms with van der Waals surface area (Å²) in [4.78, 5) is 0. The Hall–Kier alpha value is -0.520. The molecule has 0 radical (unpaired) electrons. The average Bonchev–Trinajstić information content (AvgIpc) is 2.08. The van der Waals surface area contributed by atoms with Gasteiger partial charge in [-0.2, -0.15) is 5.26 Å². The van der Waals surface area contributed by atoms with E-state index in [1.807, 2.05) is 31.2 Å². The fourth-order valence-corrected chi connectivity index (χ4v) is 1.37. The third-order valence-electron chi connectivity index (χ3n) is 1.60. The van der Waals surface area contributed by atoms with E-state index in [0.29, 0.717) is 0 Å². The van der Waals surface area contributed by atoms with Gasteiger partial charge in [0.1, 0.15) is 5.38 Å². The van der Waals surface area contributed by atoms with Crippen molar-refractivity contribution in [1.29, 1.82) is 5.26 Å². The van der Waals surface area contributed by atoms with Gasteiger partial charge in [-0.15, -0.1) is 11.6 Å². The van der Waals surface area contributed by atoms with Crippen LogP contribution in [0.15, 0.2) is 22.7 Å². The first-order valence-electron chi connectivity index (χ1n) is 3.45. The van der Waals surface area contributed by atoms with Gasteiger partial charge in [-0.1, -0.05) is 28.1 Å². The molecule has 1 nitrogen and oxygen atoms in total. The fraction of sp³-hybridized carbons (Fsp3) is 0.222. The number of rotatable bonds is 1. The Kier molecular flexibility index (Phi) is 3.13. The van der Waals surface area contributed by atoms with E-state index in [1.165, 1.54) is 0 Å². The van der Waals surface area contributed by atoms with E-state index in [0.717, 1.165) is 15.6 Å². The van der Waals surface area contributed by atoms with Crippen molar-refractivity contribution in [2.75, 3.05) is 0 Å². The zero-order valence-corrected chi connectivity index (χ0v) is 8.85. The molecule has 0 saturated heterocycles. The quantitative estimate of drug-likeness (QED) is 0.693. The Labute approximate surface area is 85.1 Å². The summed E-state index contributed by atoms with van der Waals surface area (Å²) >= 11 is 9.11. The molecule has 1 unspecified atom stereocenters. The lowest BCUT2D eigenvalue weighted by molar-refractivity contribution is 1.20. The second-order valence-electron chi connectivity index (χ2n) is 2.50. The van der Waals surface area contributed by atoms with E-state index in [1.54, 1.807) is 0 Å². The van der Waals surface area contributed by atoms with Crippen molar-refractivity contribution in [3.05, 3.63) is 33.8 Å². The van der Waals surface area contributed by atoms with Crippen molar-refractivity contribution in [2.45, 2.75) is 12.3 Å². The highest BCUT2D eigenvalue weighted by molar-refractivity contribution is 9.10. The van der Waals surface area contributed by atoms with E-state index >= 15 is 0 Å². The summed E-state index contributed by atoms with van der Waals surface area (Å²) in [5.41, 5.74) is 1.97.